The molecule has 2 amide bonds. The van der Waals surface area contributed by atoms with E-state index < -0.39 is 17.6 Å². The number of hydrogen-bond acceptors (Lipinski definition) is 5. The minimum Gasteiger partial charge on any atom is -0.493 e. The van der Waals surface area contributed by atoms with E-state index in [1.165, 1.54) is 43.5 Å². The third kappa shape index (κ3) is 5.85. The van der Waals surface area contributed by atoms with Crippen LogP contribution in [0.3, 0.4) is 0 Å². The highest BCUT2D eigenvalue weighted by Gasteiger charge is 2.13. The molecule has 0 aliphatic rings. The summed E-state index contributed by atoms with van der Waals surface area (Å²) in [6.45, 7) is 2.28. The summed E-state index contributed by atoms with van der Waals surface area (Å²) in [7, 11) is 1.46. The number of halogens is 2. The van der Waals surface area contributed by atoms with Gasteiger partial charge in [0.1, 0.15) is 0 Å². The Morgan fingerprint density at radius 3 is 2.15 bits per heavy atom. The molecule has 0 saturated heterocycles. The second kappa shape index (κ2) is 9.77. The Balaban J connectivity index is 1.97. The van der Waals surface area contributed by atoms with Gasteiger partial charge in [-0.1, -0.05) is 11.8 Å². The molecule has 9 heteroatoms. The molecule has 2 N–H and O–H groups in total. The Morgan fingerprint density at radius 2 is 1.59 bits per heavy atom. The minimum atomic E-state index is -2.53. The summed E-state index contributed by atoms with van der Waals surface area (Å²) in [5, 5.41) is 0. The van der Waals surface area contributed by atoms with Gasteiger partial charge in [0.25, 0.3) is 17.6 Å². The van der Waals surface area contributed by atoms with E-state index >= 15 is 0 Å². The molecule has 0 saturated carbocycles. The monoisotopic (exact) mass is 396 g/mol. The molecular formula is C18H18F2N2O4S. The minimum absolute atomic E-state index is 0.221. The summed E-state index contributed by atoms with van der Waals surface area (Å²) in [5.74, 6) is -2.76. The van der Waals surface area contributed by atoms with Gasteiger partial charge >= 0.3 is 0 Å². The van der Waals surface area contributed by atoms with E-state index in [0.717, 1.165) is 0 Å². The largest absolute Gasteiger partial charge is 0.493 e. The van der Waals surface area contributed by atoms with Crippen molar-refractivity contribution in [3.05, 3.63) is 53.6 Å². The van der Waals surface area contributed by atoms with Crippen LogP contribution in [-0.4, -0.2) is 31.3 Å². The molecule has 144 valence electrons. The highest BCUT2D eigenvalue weighted by atomic mass is 32.2. The van der Waals surface area contributed by atoms with E-state index in [0.29, 0.717) is 34.8 Å². The predicted molar refractivity (Wildman–Crippen MR) is 97.4 cm³/mol. The zero-order valence-corrected chi connectivity index (χ0v) is 15.4. The zero-order valence-electron chi connectivity index (χ0n) is 14.6. The Bertz CT molecular complexity index is 800. The summed E-state index contributed by atoms with van der Waals surface area (Å²) in [6, 6.07) is 10.2. The maximum absolute atomic E-state index is 12.3. The maximum Gasteiger partial charge on any atom is 0.288 e. The number of hydrazine groups is 1. The van der Waals surface area contributed by atoms with Crippen molar-refractivity contribution >= 4 is 23.6 Å². The molecule has 0 atom stereocenters. The van der Waals surface area contributed by atoms with Crippen LogP contribution in [0.25, 0.3) is 0 Å². The first-order valence-corrected chi connectivity index (χ1v) is 8.79. The summed E-state index contributed by atoms with van der Waals surface area (Å²) in [6.07, 6.45) is 0. The van der Waals surface area contributed by atoms with Crippen molar-refractivity contribution < 1.29 is 27.8 Å². The summed E-state index contributed by atoms with van der Waals surface area (Å²) in [5.41, 5.74) is 5.04. The second-order valence-electron chi connectivity index (χ2n) is 5.11. The standard InChI is InChI=1S/C18H18F2N2O4S/c1-3-26-14-9-6-12(10-15(14)25-2)17(24)22-21-16(23)11-4-7-13(8-5-11)27-18(19)20/h4-10,18H,3H2,1-2H3,(H,21,23)(H,22,24). The first kappa shape index (κ1) is 20.5. The highest BCUT2D eigenvalue weighted by molar-refractivity contribution is 7.99. The van der Waals surface area contributed by atoms with Crippen LogP contribution in [0.5, 0.6) is 11.5 Å². The predicted octanol–water partition coefficient (Wildman–Crippen LogP) is 3.48. The Hall–Kier alpha value is -2.81. The topological polar surface area (TPSA) is 76.7 Å². The van der Waals surface area contributed by atoms with Crippen molar-refractivity contribution in [2.45, 2.75) is 17.6 Å². The van der Waals surface area contributed by atoms with Gasteiger partial charge in [0.15, 0.2) is 11.5 Å². The third-order valence-electron chi connectivity index (χ3n) is 3.36. The normalized spacial score (nSPS) is 10.4. The van der Waals surface area contributed by atoms with E-state index in [-0.39, 0.29) is 11.1 Å². The van der Waals surface area contributed by atoms with Gasteiger partial charge in [0, 0.05) is 16.0 Å². The van der Waals surface area contributed by atoms with Crippen molar-refractivity contribution in [3.63, 3.8) is 0 Å². The molecule has 0 aromatic heterocycles. The van der Waals surface area contributed by atoms with Gasteiger partial charge in [-0.05, 0) is 49.4 Å². The van der Waals surface area contributed by atoms with Crippen molar-refractivity contribution in [3.8, 4) is 11.5 Å². The first-order valence-electron chi connectivity index (χ1n) is 7.91. The molecule has 0 unspecified atom stereocenters. The molecule has 6 nitrogen and oxygen atoms in total. The lowest BCUT2D eigenvalue weighted by molar-refractivity contribution is 0.0846. The van der Waals surface area contributed by atoms with Crippen LogP contribution in [0.2, 0.25) is 0 Å². The number of carbonyl (C=O) groups is 2. The lowest BCUT2D eigenvalue weighted by atomic mass is 10.2. The van der Waals surface area contributed by atoms with E-state index in [4.69, 9.17) is 9.47 Å². The fraction of sp³-hybridized carbons (Fsp3) is 0.222. The van der Waals surface area contributed by atoms with E-state index in [9.17, 15) is 18.4 Å². The number of carbonyl (C=O) groups excluding carboxylic acids is 2. The van der Waals surface area contributed by atoms with Crippen LogP contribution >= 0.6 is 11.8 Å². The molecule has 0 aliphatic heterocycles. The average Bonchev–Trinajstić information content (AvgIpc) is 2.66. The van der Waals surface area contributed by atoms with Gasteiger partial charge < -0.3 is 9.47 Å². The van der Waals surface area contributed by atoms with Crippen LogP contribution < -0.4 is 20.3 Å². The second-order valence-corrected chi connectivity index (χ2v) is 6.17. The number of benzene rings is 2. The first-order chi connectivity index (χ1) is 12.9. The van der Waals surface area contributed by atoms with E-state index in [2.05, 4.69) is 10.9 Å². The number of nitrogens with one attached hydrogen (secondary N) is 2. The summed E-state index contributed by atoms with van der Waals surface area (Å²) >= 11 is 0.385. The smallest absolute Gasteiger partial charge is 0.288 e. The number of hydrogen-bond donors (Lipinski definition) is 2. The average molecular weight is 396 g/mol. The molecule has 0 fully saturated rings. The van der Waals surface area contributed by atoms with Gasteiger partial charge in [-0.15, -0.1) is 0 Å². The highest BCUT2D eigenvalue weighted by Crippen LogP contribution is 2.28. The molecule has 0 radical (unpaired) electrons. The van der Waals surface area contributed by atoms with Crippen molar-refractivity contribution in [1.82, 2.24) is 10.9 Å². The van der Waals surface area contributed by atoms with Crippen LogP contribution in [0, 0.1) is 0 Å². The number of thioether (sulfide) groups is 1. The lowest BCUT2D eigenvalue weighted by Crippen LogP contribution is -2.41. The van der Waals surface area contributed by atoms with Gasteiger partial charge in [-0.2, -0.15) is 8.78 Å². The fourth-order valence-electron chi connectivity index (χ4n) is 2.13. The maximum atomic E-state index is 12.3. The molecule has 27 heavy (non-hydrogen) atoms. The molecule has 0 aliphatic carbocycles. The van der Waals surface area contributed by atoms with Gasteiger partial charge in [0.2, 0.25) is 0 Å². The number of alkyl halides is 2. The van der Waals surface area contributed by atoms with Crippen LogP contribution in [0.15, 0.2) is 47.4 Å². The SMILES string of the molecule is CCOc1ccc(C(=O)NNC(=O)c2ccc(SC(F)F)cc2)cc1OC. The number of methoxy groups -OCH3 is 1. The van der Waals surface area contributed by atoms with E-state index in [1.807, 2.05) is 6.92 Å². The molecule has 2 aromatic carbocycles. The fourth-order valence-corrected chi connectivity index (χ4v) is 2.63. The molecule has 0 spiro atoms. The van der Waals surface area contributed by atoms with Gasteiger partial charge in [-0.25, -0.2) is 0 Å². The summed E-state index contributed by atoms with van der Waals surface area (Å²) in [4.78, 5) is 24.6. The van der Waals surface area contributed by atoms with Crippen molar-refractivity contribution in [2.24, 2.45) is 0 Å². The van der Waals surface area contributed by atoms with Crippen LogP contribution in [0.4, 0.5) is 8.78 Å². The Morgan fingerprint density at radius 1 is 1.00 bits per heavy atom. The molecule has 2 rings (SSSR count). The van der Waals surface area contributed by atoms with Crippen molar-refractivity contribution in [1.29, 1.82) is 0 Å². The van der Waals surface area contributed by atoms with Gasteiger partial charge in [0.05, 0.1) is 13.7 Å². The number of rotatable bonds is 7. The molecule has 2 aromatic rings. The number of amides is 2. The summed E-state index contributed by atoms with van der Waals surface area (Å²) < 4.78 is 35.1. The van der Waals surface area contributed by atoms with Gasteiger partial charge in [-0.3, -0.25) is 20.4 Å². The Kier molecular flexibility index (Phi) is 7.42. The van der Waals surface area contributed by atoms with Crippen molar-refractivity contribution in [2.75, 3.05) is 13.7 Å². The lowest BCUT2D eigenvalue weighted by Gasteiger charge is -2.12. The van der Waals surface area contributed by atoms with Crippen LogP contribution in [-0.2, 0) is 0 Å². The molecule has 0 heterocycles. The van der Waals surface area contributed by atoms with Crippen LogP contribution in [0.1, 0.15) is 27.6 Å². The van der Waals surface area contributed by atoms with E-state index in [1.54, 1.807) is 6.07 Å². The molecule has 0 bridgehead atoms. The quantitative estimate of drug-likeness (QED) is 0.554. The number of ether oxygens (including phenoxy) is 2. The zero-order chi connectivity index (χ0) is 19.8. The molecular weight excluding hydrogens is 378 g/mol. The third-order valence-corrected chi connectivity index (χ3v) is 4.08. The Labute approximate surface area is 159 Å².